The van der Waals surface area contributed by atoms with E-state index in [2.05, 4.69) is 53.2 Å². The van der Waals surface area contributed by atoms with Crippen molar-refractivity contribution < 1.29 is 82.4 Å². The third kappa shape index (κ3) is 24.3. The molecule has 2 aliphatic rings. The largest absolute Gasteiger partial charge is 0.508 e. The van der Waals surface area contributed by atoms with Crippen LogP contribution in [0.25, 0.3) is 0 Å². The highest BCUT2D eigenvalue weighted by Crippen LogP contribution is 2.26. The number of nitrogens with two attached hydrogens (primary N) is 3. The second-order valence-electron chi connectivity index (χ2n) is 19.6. The molecule has 4 rings (SSSR count). The van der Waals surface area contributed by atoms with Gasteiger partial charge < -0.3 is 90.6 Å². The van der Waals surface area contributed by atoms with E-state index in [4.69, 9.17) is 17.2 Å². The van der Waals surface area contributed by atoms with Crippen molar-refractivity contribution in [2.45, 2.75) is 113 Å². The molecule has 0 aromatic heterocycles. The summed E-state index contributed by atoms with van der Waals surface area (Å²) in [5.41, 5.74) is 17.3. The van der Waals surface area contributed by atoms with Crippen LogP contribution in [-0.2, 0) is 80.0 Å². The SMILES string of the molecule is NCCCC[C@H](NC(=O)[C@@H]1CCCN1C(=O)[C@@H]1CSSC[C@H](NC(=O)CNC(=O)CNC(=O)CN)C(=O)N[C@@H](Cc2ccc(O)cc2)C(=O)N[C@@H](Cc2ccccc2)C(=O)N[C@@H](CCC(=O)O)C(=O)N[C@@H](CC(N)=O)C(=O)N1)C(=O)NCC(=O)O. The maximum atomic E-state index is 14.8. The fourth-order valence-electron chi connectivity index (χ4n) is 8.59. The molecule has 0 unspecified atom stereocenters. The lowest BCUT2D eigenvalue weighted by Crippen LogP contribution is -2.61. The quantitative estimate of drug-likeness (QED) is 0.0325. The predicted molar refractivity (Wildman–Crippen MR) is 304 cm³/mol. The molecule has 2 fully saturated rings. The molecule has 8 atom stereocenters. The molecule has 12 amide bonds. The number of aromatic hydroxyl groups is 1. The summed E-state index contributed by atoms with van der Waals surface area (Å²) in [6.07, 6.45) is -1.73. The summed E-state index contributed by atoms with van der Waals surface area (Å²) < 4.78 is 0. The van der Waals surface area contributed by atoms with Crippen LogP contribution in [0.1, 0.15) is 62.5 Å². The first-order valence-electron chi connectivity index (χ1n) is 26.9. The van der Waals surface area contributed by atoms with E-state index in [1.54, 1.807) is 30.3 Å². The van der Waals surface area contributed by atoms with E-state index in [0.29, 0.717) is 24.0 Å². The third-order valence-electron chi connectivity index (χ3n) is 13.0. The average molecular weight is 1230 g/mol. The van der Waals surface area contributed by atoms with Gasteiger partial charge in [-0.1, -0.05) is 64.1 Å². The van der Waals surface area contributed by atoms with Gasteiger partial charge in [0.25, 0.3) is 0 Å². The molecule has 0 radical (unpaired) electrons. The van der Waals surface area contributed by atoms with Crippen molar-refractivity contribution in [3.05, 3.63) is 65.7 Å². The molecule has 0 aliphatic carbocycles. The molecule has 2 aromatic carbocycles. The van der Waals surface area contributed by atoms with Crippen LogP contribution in [0.3, 0.4) is 0 Å². The first kappa shape index (κ1) is 68.9. The van der Waals surface area contributed by atoms with E-state index in [0.717, 1.165) is 26.5 Å². The molecule has 85 heavy (non-hydrogen) atoms. The van der Waals surface area contributed by atoms with Gasteiger partial charge in [0.05, 0.1) is 26.1 Å². The minimum absolute atomic E-state index is 0.0406. The summed E-state index contributed by atoms with van der Waals surface area (Å²) in [7, 11) is 1.69. The number of amides is 12. The molecule has 464 valence electrons. The van der Waals surface area contributed by atoms with Crippen molar-refractivity contribution in [3.8, 4) is 5.75 Å². The van der Waals surface area contributed by atoms with E-state index in [-0.39, 0.29) is 56.7 Å². The van der Waals surface area contributed by atoms with Crippen LogP contribution in [-0.4, -0.2) is 202 Å². The number of hydrogen-bond acceptors (Lipinski definition) is 19. The Bertz CT molecular complexity index is 2730. The molecule has 0 bridgehead atoms. The zero-order valence-corrected chi connectivity index (χ0v) is 47.7. The number of nitrogens with zero attached hydrogens (tertiary/aromatic N) is 1. The minimum atomic E-state index is -1.91. The van der Waals surface area contributed by atoms with Gasteiger partial charge in [0, 0.05) is 37.3 Å². The monoisotopic (exact) mass is 1230 g/mol. The Morgan fingerprint density at radius 2 is 1.22 bits per heavy atom. The normalized spacial score (nSPS) is 21.2. The lowest BCUT2D eigenvalue weighted by molar-refractivity contribution is -0.142. The lowest BCUT2D eigenvalue weighted by atomic mass is 10.0. The number of benzene rings is 2. The number of aliphatic carboxylic acids is 2. The van der Waals surface area contributed by atoms with Gasteiger partial charge >= 0.3 is 11.9 Å². The molecule has 31 nitrogen and oxygen atoms in total. The number of phenols is 1. The molecule has 19 N–H and O–H groups in total. The van der Waals surface area contributed by atoms with Crippen molar-refractivity contribution in [3.63, 3.8) is 0 Å². The molecule has 0 spiro atoms. The van der Waals surface area contributed by atoms with Crippen LogP contribution in [0.2, 0.25) is 0 Å². The Hall–Kier alpha value is -8.56. The molecule has 2 heterocycles. The number of carbonyl (C=O) groups excluding carboxylic acids is 12. The van der Waals surface area contributed by atoms with Gasteiger partial charge in [-0.2, -0.15) is 0 Å². The smallest absolute Gasteiger partial charge is 0.322 e. The molecule has 2 aliphatic heterocycles. The van der Waals surface area contributed by atoms with Crippen molar-refractivity contribution in [1.29, 1.82) is 0 Å². The van der Waals surface area contributed by atoms with Crippen LogP contribution in [0.4, 0.5) is 0 Å². The third-order valence-corrected chi connectivity index (χ3v) is 15.4. The first-order chi connectivity index (χ1) is 40.5. The van der Waals surface area contributed by atoms with Crippen LogP contribution in [0.15, 0.2) is 54.6 Å². The molecule has 33 heteroatoms. The number of rotatable bonds is 25. The Morgan fingerprint density at radius 1 is 0.647 bits per heavy atom. The van der Waals surface area contributed by atoms with Crippen molar-refractivity contribution in [2.24, 2.45) is 17.2 Å². The summed E-state index contributed by atoms with van der Waals surface area (Å²) in [5.74, 6) is -15.3. The molecule has 2 aromatic rings. The van der Waals surface area contributed by atoms with Gasteiger partial charge in [0.1, 0.15) is 60.6 Å². The fraction of sp³-hybridized carbons (Fsp3) is 0.500. The van der Waals surface area contributed by atoms with Crippen LogP contribution >= 0.6 is 21.6 Å². The van der Waals surface area contributed by atoms with E-state index in [9.17, 15) is 82.4 Å². The van der Waals surface area contributed by atoms with E-state index < -0.39 is 182 Å². The number of hydrogen-bond donors (Lipinski definition) is 16. The van der Waals surface area contributed by atoms with Gasteiger partial charge in [0.15, 0.2) is 0 Å². The Morgan fingerprint density at radius 3 is 1.85 bits per heavy atom. The number of phenolic OH excluding ortho intramolecular Hbond substituents is 1. The van der Waals surface area contributed by atoms with E-state index >= 15 is 0 Å². The maximum Gasteiger partial charge on any atom is 0.322 e. The standard InChI is InChI=1S/C52H72N14O17S2/c53-17-5-4-9-31(45(76)58-25-44(74)75)61-51(82)38-10-6-18-66(38)52(83)37-27-85-84-26-36(59-42(71)24-57-41(70)23-56-40(69)22-54)50(81)63-34(20-29-11-13-30(67)14-12-29)48(79)62-33(19-28-7-2-1-3-8-28)47(78)60-32(15-16-43(72)73)46(77)64-35(21-39(55)68)49(80)65-37/h1-3,7-8,11-14,31-38,67H,4-6,9-10,15-27,53-54H2,(H2,55,68)(H,56,69)(H,57,70)(H,58,76)(H,59,71)(H,60,78)(H,61,82)(H,62,79)(H,63,81)(H,64,77)(H,65,80)(H,72,73)(H,74,75)/t31-,32-,33-,34-,35-,36-,37-,38-/m0/s1. The molecular formula is C52H72N14O17S2. The lowest BCUT2D eigenvalue weighted by Gasteiger charge is -2.31. The number of unbranched alkanes of at least 4 members (excludes halogenated alkanes) is 1. The van der Waals surface area contributed by atoms with Gasteiger partial charge in [0.2, 0.25) is 70.9 Å². The van der Waals surface area contributed by atoms with E-state index in [1.807, 2.05) is 0 Å². The Kier molecular flexibility index (Phi) is 28.8. The zero-order chi connectivity index (χ0) is 62.6. The number of carboxylic acids is 2. The van der Waals surface area contributed by atoms with Crippen LogP contribution < -0.4 is 70.4 Å². The summed E-state index contributed by atoms with van der Waals surface area (Å²) in [4.78, 5) is 189. The number of carboxylic acid groups (broad SMARTS) is 2. The van der Waals surface area contributed by atoms with Crippen LogP contribution in [0.5, 0.6) is 5.75 Å². The number of nitrogens with one attached hydrogen (secondary N) is 10. The highest BCUT2D eigenvalue weighted by molar-refractivity contribution is 8.76. The van der Waals surface area contributed by atoms with Crippen LogP contribution in [0, 0.1) is 0 Å². The number of primary amides is 1. The highest BCUT2D eigenvalue weighted by Gasteiger charge is 2.41. The highest BCUT2D eigenvalue weighted by atomic mass is 33.1. The predicted octanol–water partition coefficient (Wildman–Crippen LogP) is -5.78. The summed E-state index contributed by atoms with van der Waals surface area (Å²) in [5, 5.41) is 53.2. The number of carbonyl (C=O) groups is 14. The van der Waals surface area contributed by atoms with E-state index in [1.165, 1.54) is 24.3 Å². The number of likely N-dealkylation sites (tertiary alicyclic amines) is 1. The maximum absolute atomic E-state index is 14.8. The second-order valence-corrected chi connectivity index (χ2v) is 22.1. The van der Waals surface area contributed by atoms with Crippen molar-refractivity contribution in [2.75, 3.05) is 50.8 Å². The average Bonchev–Trinajstić information content (AvgIpc) is 4.23. The topological polar surface area (TPSA) is 501 Å². The van der Waals surface area contributed by atoms with Crippen molar-refractivity contribution >= 4 is 104 Å². The van der Waals surface area contributed by atoms with Gasteiger partial charge in [-0.15, -0.1) is 0 Å². The fourth-order valence-corrected chi connectivity index (χ4v) is 10.9. The first-order valence-corrected chi connectivity index (χ1v) is 29.4. The summed E-state index contributed by atoms with van der Waals surface area (Å²) in [6.45, 7) is -2.32. The van der Waals surface area contributed by atoms with Crippen molar-refractivity contribution in [1.82, 2.24) is 58.1 Å². The van der Waals surface area contributed by atoms with Gasteiger partial charge in [-0.25, -0.2) is 0 Å². The summed E-state index contributed by atoms with van der Waals surface area (Å²) in [6, 6.07) is 1.01. The zero-order valence-electron chi connectivity index (χ0n) is 46.1. The summed E-state index contributed by atoms with van der Waals surface area (Å²) >= 11 is 0. The van der Waals surface area contributed by atoms with Gasteiger partial charge in [-0.3, -0.25) is 67.1 Å². The van der Waals surface area contributed by atoms with Gasteiger partial charge in [-0.05, 0) is 68.3 Å². The Balaban J connectivity index is 1.81. The molecule has 2 saturated heterocycles. The molecule has 0 saturated carbocycles. The minimum Gasteiger partial charge on any atom is -0.508 e. The molecular weight excluding hydrogens is 1160 g/mol. The second kappa shape index (κ2) is 35.5. The Labute approximate surface area is 495 Å².